The van der Waals surface area contributed by atoms with E-state index in [1.807, 2.05) is 30.3 Å². The van der Waals surface area contributed by atoms with Crippen LogP contribution in [0.4, 0.5) is 5.69 Å². The van der Waals surface area contributed by atoms with Gasteiger partial charge in [0.05, 0.1) is 14.2 Å². The highest BCUT2D eigenvalue weighted by Crippen LogP contribution is 2.31. The summed E-state index contributed by atoms with van der Waals surface area (Å²) in [7, 11) is -1.03. The van der Waals surface area contributed by atoms with Crippen molar-refractivity contribution in [3.05, 3.63) is 90.0 Å². The van der Waals surface area contributed by atoms with E-state index in [0.717, 1.165) is 10.8 Å². The van der Waals surface area contributed by atoms with Crippen LogP contribution in [0.15, 0.2) is 83.8 Å². The summed E-state index contributed by atoms with van der Waals surface area (Å²) in [6.45, 7) is -0.0242. The second kappa shape index (κ2) is 10.0. The molecule has 0 saturated carbocycles. The fourth-order valence-electron chi connectivity index (χ4n) is 3.71. The summed E-state index contributed by atoms with van der Waals surface area (Å²) < 4.78 is 40.8. The lowest BCUT2D eigenvalue weighted by atomic mass is 10.0. The topological polar surface area (TPSA) is 117 Å². The van der Waals surface area contributed by atoms with Crippen LogP contribution in [-0.4, -0.2) is 28.5 Å². The van der Waals surface area contributed by atoms with E-state index in [0.29, 0.717) is 28.3 Å². The van der Waals surface area contributed by atoms with Crippen molar-refractivity contribution in [3.8, 4) is 17.2 Å². The van der Waals surface area contributed by atoms with E-state index in [9.17, 15) is 13.2 Å². The maximum absolute atomic E-state index is 13.0. The molecule has 0 aliphatic rings. The number of carbonyl (C=O) groups excluding carboxylic acids is 1. The molecule has 0 saturated heterocycles. The maximum atomic E-state index is 13.0. The third-order valence-corrected chi connectivity index (χ3v) is 6.36. The minimum atomic E-state index is -4.09. The zero-order valence-electron chi connectivity index (χ0n) is 19.1. The molecule has 0 spiro atoms. The Balaban J connectivity index is 1.64. The molecular weight excluding hydrogens is 468 g/mol. The first kappa shape index (κ1) is 24.1. The molecule has 1 amide bonds. The number of carbonyl (C=O) groups is 1. The summed E-state index contributed by atoms with van der Waals surface area (Å²) in [6.07, 6.45) is 0. The first-order valence-electron chi connectivity index (χ1n) is 10.6. The van der Waals surface area contributed by atoms with Crippen LogP contribution in [0, 0.1) is 0 Å². The summed E-state index contributed by atoms with van der Waals surface area (Å²) in [5.74, 6) is 0.786. The van der Waals surface area contributed by atoms with Crippen LogP contribution in [0.5, 0.6) is 17.2 Å². The lowest BCUT2D eigenvalue weighted by Gasteiger charge is -2.15. The third-order valence-electron chi connectivity index (χ3n) is 5.41. The van der Waals surface area contributed by atoms with E-state index in [1.54, 1.807) is 30.3 Å². The molecule has 0 aliphatic carbocycles. The van der Waals surface area contributed by atoms with E-state index in [1.165, 1.54) is 32.4 Å². The molecule has 0 bridgehead atoms. The molecule has 0 aliphatic heterocycles. The molecule has 4 aromatic rings. The van der Waals surface area contributed by atoms with Gasteiger partial charge in [-0.05, 0) is 47.2 Å². The van der Waals surface area contributed by atoms with Crippen molar-refractivity contribution in [3.63, 3.8) is 0 Å². The van der Waals surface area contributed by atoms with Gasteiger partial charge in [-0.3, -0.25) is 4.79 Å². The van der Waals surface area contributed by atoms with Crippen molar-refractivity contribution in [2.75, 3.05) is 19.5 Å². The maximum Gasteiger partial charge on any atom is 0.256 e. The SMILES string of the molecule is COc1ccc(OC)c(COc2cc(NC(=O)c3cccc4ccccc34)ccc2S(N)(=O)=O)c1. The minimum absolute atomic E-state index is 0.00640. The largest absolute Gasteiger partial charge is 0.497 e. The Morgan fingerprint density at radius 2 is 1.66 bits per heavy atom. The van der Waals surface area contributed by atoms with Crippen LogP contribution in [0.2, 0.25) is 0 Å². The highest BCUT2D eigenvalue weighted by Gasteiger charge is 2.18. The zero-order valence-corrected chi connectivity index (χ0v) is 20.0. The summed E-state index contributed by atoms with van der Waals surface area (Å²) in [4.78, 5) is 12.8. The van der Waals surface area contributed by atoms with Gasteiger partial charge in [-0.25, -0.2) is 13.6 Å². The van der Waals surface area contributed by atoms with Gasteiger partial charge in [-0.15, -0.1) is 0 Å². The van der Waals surface area contributed by atoms with Gasteiger partial charge in [0, 0.05) is 22.9 Å². The lowest BCUT2D eigenvalue weighted by Crippen LogP contribution is -2.16. The highest BCUT2D eigenvalue weighted by molar-refractivity contribution is 7.89. The van der Waals surface area contributed by atoms with Crippen LogP contribution in [0.3, 0.4) is 0 Å². The fourth-order valence-corrected chi connectivity index (χ4v) is 4.36. The van der Waals surface area contributed by atoms with Crippen LogP contribution in [0.25, 0.3) is 10.8 Å². The van der Waals surface area contributed by atoms with E-state index in [-0.39, 0.29) is 23.2 Å². The number of benzene rings is 4. The lowest BCUT2D eigenvalue weighted by molar-refractivity contribution is 0.102. The number of methoxy groups -OCH3 is 2. The third kappa shape index (κ3) is 5.37. The number of ether oxygens (including phenoxy) is 3. The Labute approximate surface area is 203 Å². The fraction of sp³-hybridized carbons (Fsp3) is 0.115. The average Bonchev–Trinajstić information content (AvgIpc) is 2.86. The Kier molecular flexibility index (Phi) is 6.90. The average molecular weight is 493 g/mol. The van der Waals surface area contributed by atoms with Gasteiger partial charge in [0.2, 0.25) is 10.0 Å². The van der Waals surface area contributed by atoms with Crippen molar-refractivity contribution in [1.29, 1.82) is 0 Å². The molecule has 9 heteroatoms. The quantitative estimate of drug-likeness (QED) is 0.378. The first-order chi connectivity index (χ1) is 16.8. The second-order valence-corrected chi connectivity index (χ2v) is 9.18. The normalized spacial score (nSPS) is 11.2. The molecule has 0 heterocycles. The van der Waals surface area contributed by atoms with E-state index < -0.39 is 10.0 Å². The first-order valence-corrected chi connectivity index (χ1v) is 12.1. The Morgan fingerprint density at radius 1 is 0.886 bits per heavy atom. The molecule has 4 rings (SSSR count). The van der Waals surface area contributed by atoms with Gasteiger partial charge in [0.1, 0.15) is 28.8 Å². The van der Waals surface area contributed by atoms with Crippen LogP contribution >= 0.6 is 0 Å². The van der Waals surface area contributed by atoms with Gasteiger partial charge in [0.25, 0.3) is 5.91 Å². The molecule has 180 valence electrons. The second-order valence-electron chi connectivity index (χ2n) is 7.65. The Morgan fingerprint density at radius 3 is 2.40 bits per heavy atom. The van der Waals surface area contributed by atoms with Gasteiger partial charge in [-0.2, -0.15) is 0 Å². The van der Waals surface area contributed by atoms with E-state index >= 15 is 0 Å². The summed E-state index contributed by atoms with van der Waals surface area (Å²) >= 11 is 0. The number of nitrogens with two attached hydrogens (primary N) is 1. The molecule has 0 fully saturated rings. The molecule has 4 aromatic carbocycles. The van der Waals surface area contributed by atoms with Gasteiger partial charge < -0.3 is 19.5 Å². The van der Waals surface area contributed by atoms with Crippen molar-refractivity contribution in [2.24, 2.45) is 5.14 Å². The summed E-state index contributed by atoms with van der Waals surface area (Å²) in [5.41, 5.74) is 1.47. The van der Waals surface area contributed by atoms with Crippen molar-refractivity contribution >= 4 is 32.4 Å². The molecule has 0 atom stereocenters. The highest BCUT2D eigenvalue weighted by atomic mass is 32.2. The molecule has 8 nitrogen and oxygen atoms in total. The zero-order chi connectivity index (χ0) is 25.0. The molecule has 3 N–H and O–H groups in total. The van der Waals surface area contributed by atoms with Gasteiger partial charge in [-0.1, -0.05) is 36.4 Å². The standard InChI is InChI=1S/C26H24N2O6S/c1-32-20-11-12-23(33-2)18(14-20)16-34-24-15-19(10-13-25(24)35(27,30)31)28-26(29)22-9-5-7-17-6-3-4-8-21(17)22/h3-15H,16H2,1-2H3,(H,28,29)(H2,27,30,31). The monoisotopic (exact) mass is 492 g/mol. The van der Waals surface area contributed by atoms with Crippen LogP contribution in [-0.2, 0) is 16.6 Å². The number of primary sulfonamides is 1. The number of nitrogens with one attached hydrogen (secondary N) is 1. The van der Waals surface area contributed by atoms with Gasteiger partial charge >= 0.3 is 0 Å². The number of anilines is 1. The molecule has 35 heavy (non-hydrogen) atoms. The number of amides is 1. The molecule has 0 unspecified atom stereocenters. The van der Waals surface area contributed by atoms with Crippen LogP contribution < -0.4 is 24.7 Å². The summed E-state index contributed by atoms with van der Waals surface area (Å²) in [6, 6.07) is 22.4. The van der Waals surface area contributed by atoms with Crippen LogP contribution in [0.1, 0.15) is 15.9 Å². The number of hydrogen-bond donors (Lipinski definition) is 2. The van der Waals surface area contributed by atoms with E-state index in [2.05, 4.69) is 5.32 Å². The Hall–Kier alpha value is -4.08. The summed E-state index contributed by atoms with van der Waals surface area (Å²) in [5, 5.41) is 9.93. The number of rotatable bonds is 8. The predicted octanol–water partition coefficient (Wildman–Crippen LogP) is 4.34. The molecular formula is C26H24N2O6S. The van der Waals surface area contributed by atoms with Gasteiger partial charge in [0.15, 0.2) is 0 Å². The number of sulfonamides is 1. The molecule has 0 aromatic heterocycles. The van der Waals surface area contributed by atoms with Crippen molar-refractivity contribution in [2.45, 2.75) is 11.5 Å². The molecule has 0 radical (unpaired) electrons. The smallest absolute Gasteiger partial charge is 0.256 e. The minimum Gasteiger partial charge on any atom is -0.497 e. The van der Waals surface area contributed by atoms with E-state index in [4.69, 9.17) is 19.3 Å². The van der Waals surface area contributed by atoms with Crippen molar-refractivity contribution in [1.82, 2.24) is 0 Å². The Bertz CT molecular complexity index is 1500. The number of fused-ring (bicyclic) bond motifs is 1. The number of hydrogen-bond acceptors (Lipinski definition) is 6. The predicted molar refractivity (Wildman–Crippen MR) is 134 cm³/mol. The van der Waals surface area contributed by atoms with Crippen molar-refractivity contribution < 1.29 is 27.4 Å².